The van der Waals surface area contributed by atoms with Crippen molar-refractivity contribution in [2.45, 2.75) is 45.6 Å². The summed E-state index contributed by atoms with van der Waals surface area (Å²) in [7, 11) is 0. The molecule has 0 saturated carbocycles. The van der Waals surface area contributed by atoms with Crippen LogP contribution in [0.5, 0.6) is 0 Å². The first-order valence-corrected chi connectivity index (χ1v) is 6.74. The highest BCUT2D eigenvalue weighted by Gasteiger charge is 2.32. The third-order valence-corrected chi connectivity index (χ3v) is 3.12. The quantitative estimate of drug-likeness (QED) is 0.726. The molecule has 1 heterocycles. The third kappa shape index (κ3) is 4.64. The first kappa shape index (κ1) is 15.0. The second kappa shape index (κ2) is 8.08. The molecule has 0 aromatic heterocycles. The van der Waals surface area contributed by atoms with Gasteiger partial charge in [0, 0.05) is 6.04 Å². The Kier molecular flexibility index (Phi) is 6.72. The Morgan fingerprint density at radius 1 is 1.22 bits per heavy atom. The fraction of sp³-hybridized carbons (Fsp3) is 0.846. The van der Waals surface area contributed by atoms with E-state index in [1.165, 1.54) is 0 Å². The molecule has 5 nitrogen and oxygen atoms in total. The van der Waals surface area contributed by atoms with Gasteiger partial charge in [-0.05, 0) is 33.2 Å². The van der Waals surface area contributed by atoms with Crippen LogP contribution in [0.2, 0.25) is 0 Å². The average molecular weight is 257 g/mol. The third-order valence-electron chi connectivity index (χ3n) is 3.12. The molecule has 1 N–H and O–H groups in total. The predicted molar refractivity (Wildman–Crippen MR) is 67.0 cm³/mol. The van der Waals surface area contributed by atoms with Gasteiger partial charge in [0.15, 0.2) is 0 Å². The van der Waals surface area contributed by atoms with Gasteiger partial charge in [0.1, 0.15) is 0 Å². The molecule has 0 bridgehead atoms. The van der Waals surface area contributed by atoms with Gasteiger partial charge in [-0.3, -0.25) is 9.59 Å². The minimum Gasteiger partial charge on any atom is -0.466 e. The summed E-state index contributed by atoms with van der Waals surface area (Å²) in [6.45, 7) is 5.10. The Labute approximate surface area is 108 Å². The van der Waals surface area contributed by atoms with E-state index in [1.807, 2.05) is 0 Å². The maximum atomic E-state index is 11.9. The minimum atomic E-state index is -0.427. The Hall–Kier alpha value is -1.10. The smallest absolute Gasteiger partial charge is 0.311 e. The van der Waals surface area contributed by atoms with E-state index in [4.69, 9.17) is 9.47 Å². The van der Waals surface area contributed by atoms with E-state index in [9.17, 15) is 9.59 Å². The van der Waals surface area contributed by atoms with Crippen molar-refractivity contribution in [2.24, 2.45) is 5.92 Å². The van der Waals surface area contributed by atoms with Crippen molar-refractivity contribution < 1.29 is 19.1 Å². The molecule has 18 heavy (non-hydrogen) atoms. The van der Waals surface area contributed by atoms with Crippen molar-refractivity contribution in [3.8, 4) is 0 Å². The van der Waals surface area contributed by atoms with E-state index in [1.54, 1.807) is 13.8 Å². The monoisotopic (exact) mass is 257 g/mol. The van der Waals surface area contributed by atoms with Crippen molar-refractivity contribution in [3.05, 3.63) is 0 Å². The lowest BCUT2D eigenvalue weighted by atomic mass is 9.89. The fourth-order valence-electron chi connectivity index (χ4n) is 2.26. The standard InChI is InChI=1S/C13H23NO4/c1-3-17-12(15)9-10(13(16)18-4-2)11-7-5-6-8-14-11/h10-11,14H,3-9H2,1-2H3. The lowest BCUT2D eigenvalue weighted by molar-refractivity contribution is -0.156. The van der Waals surface area contributed by atoms with Crippen LogP contribution in [-0.4, -0.2) is 37.7 Å². The molecule has 5 heteroatoms. The lowest BCUT2D eigenvalue weighted by Crippen LogP contribution is -2.44. The largest absolute Gasteiger partial charge is 0.466 e. The maximum Gasteiger partial charge on any atom is 0.311 e. The van der Waals surface area contributed by atoms with Crippen molar-refractivity contribution >= 4 is 11.9 Å². The molecule has 0 aromatic rings. The molecular weight excluding hydrogens is 234 g/mol. The SMILES string of the molecule is CCOC(=O)CC(C(=O)OCC)C1CCCCN1. The lowest BCUT2D eigenvalue weighted by Gasteiger charge is -2.29. The highest BCUT2D eigenvalue weighted by Crippen LogP contribution is 2.20. The summed E-state index contributed by atoms with van der Waals surface area (Å²) in [5, 5.41) is 3.30. The number of hydrogen-bond donors (Lipinski definition) is 1. The molecule has 2 unspecified atom stereocenters. The van der Waals surface area contributed by atoms with Gasteiger partial charge in [0.25, 0.3) is 0 Å². The maximum absolute atomic E-state index is 11.9. The normalized spacial score (nSPS) is 21.1. The van der Waals surface area contributed by atoms with Crippen LogP contribution in [0.1, 0.15) is 39.5 Å². The summed E-state index contributed by atoms with van der Waals surface area (Å²) >= 11 is 0. The molecule has 0 spiro atoms. The number of carbonyl (C=O) groups excluding carboxylic acids is 2. The van der Waals surface area contributed by atoms with E-state index in [-0.39, 0.29) is 24.4 Å². The zero-order valence-electron chi connectivity index (χ0n) is 11.2. The molecule has 2 atom stereocenters. The first-order chi connectivity index (χ1) is 8.69. The summed E-state index contributed by atoms with van der Waals surface area (Å²) in [5.74, 6) is -1.06. The summed E-state index contributed by atoms with van der Waals surface area (Å²) in [4.78, 5) is 23.5. The number of hydrogen-bond acceptors (Lipinski definition) is 5. The number of nitrogens with one attached hydrogen (secondary N) is 1. The van der Waals surface area contributed by atoms with Crippen LogP contribution in [0, 0.1) is 5.92 Å². The molecule has 104 valence electrons. The zero-order valence-corrected chi connectivity index (χ0v) is 11.2. The Bertz CT molecular complexity index is 274. The topological polar surface area (TPSA) is 64.6 Å². The van der Waals surface area contributed by atoms with Crippen LogP contribution in [-0.2, 0) is 19.1 Å². The Morgan fingerprint density at radius 2 is 1.94 bits per heavy atom. The Balaban J connectivity index is 2.61. The molecule has 1 fully saturated rings. The van der Waals surface area contributed by atoms with Gasteiger partial charge in [0.05, 0.1) is 25.6 Å². The van der Waals surface area contributed by atoms with Crippen molar-refractivity contribution in [3.63, 3.8) is 0 Å². The van der Waals surface area contributed by atoms with Crippen LogP contribution in [0.3, 0.4) is 0 Å². The van der Waals surface area contributed by atoms with Gasteiger partial charge < -0.3 is 14.8 Å². The van der Waals surface area contributed by atoms with Gasteiger partial charge in [-0.2, -0.15) is 0 Å². The molecule has 0 amide bonds. The Morgan fingerprint density at radius 3 is 2.50 bits per heavy atom. The van der Waals surface area contributed by atoms with Crippen LogP contribution in [0.15, 0.2) is 0 Å². The first-order valence-electron chi connectivity index (χ1n) is 6.74. The van der Waals surface area contributed by atoms with Gasteiger partial charge in [0.2, 0.25) is 0 Å². The van der Waals surface area contributed by atoms with E-state index in [0.29, 0.717) is 13.2 Å². The molecular formula is C13H23NO4. The molecule has 1 aliphatic rings. The van der Waals surface area contributed by atoms with Crippen molar-refractivity contribution in [2.75, 3.05) is 19.8 Å². The fourth-order valence-corrected chi connectivity index (χ4v) is 2.26. The summed E-state index contributed by atoms with van der Waals surface area (Å²) in [5.41, 5.74) is 0. The molecule has 1 saturated heterocycles. The van der Waals surface area contributed by atoms with Gasteiger partial charge >= 0.3 is 11.9 Å². The highest BCUT2D eigenvalue weighted by molar-refractivity contribution is 5.80. The van der Waals surface area contributed by atoms with E-state index in [2.05, 4.69) is 5.32 Å². The summed E-state index contributed by atoms with van der Waals surface area (Å²) in [6, 6.07) is 0.0298. The number of piperidine rings is 1. The number of rotatable bonds is 6. The highest BCUT2D eigenvalue weighted by atomic mass is 16.5. The van der Waals surface area contributed by atoms with Crippen molar-refractivity contribution in [1.82, 2.24) is 5.32 Å². The van der Waals surface area contributed by atoms with Crippen LogP contribution < -0.4 is 5.32 Å². The summed E-state index contributed by atoms with van der Waals surface area (Å²) in [6.07, 6.45) is 3.20. The summed E-state index contributed by atoms with van der Waals surface area (Å²) < 4.78 is 9.97. The number of ether oxygens (including phenoxy) is 2. The second-order valence-electron chi connectivity index (χ2n) is 4.42. The van der Waals surface area contributed by atoms with E-state index >= 15 is 0 Å². The molecule has 0 aliphatic carbocycles. The van der Waals surface area contributed by atoms with Crippen molar-refractivity contribution in [1.29, 1.82) is 0 Å². The number of esters is 2. The van der Waals surface area contributed by atoms with Crippen LogP contribution in [0.4, 0.5) is 0 Å². The zero-order chi connectivity index (χ0) is 13.4. The van der Waals surface area contributed by atoms with Crippen LogP contribution >= 0.6 is 0 Å². The second-order valence-corrected chi connectivity index (χ2v) is 4.42. The molecule has 0 aromatic carbocycles. The molecule has 1 aliphatic heterocycles. The number of carbonyl (C=O) groups is 2. The molecule has 0 radical (unpaired) electrons. The molecule has 1 rings (SSSR count). The van der Waals surface area contributed by atoms with Gasteiger partial charge in [-0.25, -0.2) is 0 Å². The van der Waals surface area contributed by atoms with Crippen LogP contribution in [0.25, 0.3) is 0 Å². The minimum absolute atomic E-state index is 0.0298. The van der Waals surface area contributed by atoms with E-state index in [0.717, 1.165) is 25.8 Å². The van der Waals surface area contributed by atoms with Gasteiger partial charge in [-0.1, -0.05) is 6.42 Å². The van der Waals surface area contributed by atoms with Gasteiger partial charge in [-0.15, -0.1) is 0 Å². The average Bonchev–Trinajstić information content (AvgIpc) is 2.37. The van der Waals surface area contributed by atoms with E-state index < -0.39 is 5.92 Å². The predicted octanol–water partition coefficient (Wildman–Crippen LogP) is 1.26.